The van der Waals surface area contributed by atoms with E-state index in [1.54, 1.807) is 12.1 Å². The minimum atomic E-state index is -0.264. The molecule has 1 atom stereocenters. The molecule has 2 aromatic carbocycles. The minimum absolute atomic E-state index is 0.0354. The second-order valence-corrected chi connectivity index (χ2v) is 5.63. The van der Waals surface area contributed by atoms with Gasteiger partial charge in [0.2, 0.25) is 5.91 Å². The second kappa shape index (κ2) is 8.44. The Labute approximate surface area is 137 Å². The van der Waals surface area contributed by atoms with Gasteiger partial charge < -0.3 is 5.32 Å². The molecule has 23 heavy (non-hydrogen) atoms. The van der Waals surface area contributed by atoms with E-state index in [1.807, 2.05) is 37.3 Å². The van der Waals surface area contributed by atoms with Crippen LogP contribution in [-0.4, -0.2) is 23.4 Å². The molecule has 1 N–H and O–H groups in total. The fourth-order valence-electron chi connectivity index (χ4n) is 2.46. The summed E-state index contributed by atoms with van der Waals surface area (Å²) < 4.78 is 13.0. The van der Waals surface area contributed by atoms with Crippen molar-refractivity contribution in [2.45, 2.75) is 32.9 Å². The Kier molecular flexibility index (Phi) is 6.29. The molecule has 3 nitrogen and oxygen atoms in total. The molecule has 1 amide bonds. The van der Waals surface area contributed by atoms with Gasteiger partial charge in [0.25, 0.3) is 0 Å². The summed E-state index contributed by atoms with van der Waals surface area (Å²) >= 11 is 0. The molecule has 2 aromatic rings. The summed E-state index contributed by atoms with van der Waals surface area (Å²) in [4.78, 5) is 14.6. The number of rotatable bonds is 7. The number of hydrogen-bond acceptors (Lipinski definition) is 2. The van der Waals surface area contributed by atoms with E-state index in [0.29, 0.717) is 6.54 Å². The van der Waals surface area contributed by atoms with Crippen molar-refractivity contribution in [3.63, 3.8) is 0 Å². The number of benzene rings is 2. The van der Waals surface area contributed by atoms with Crippen molar-refractivity contribution in [3.05, 3.63) is 66.0 Å². The van der Waals surface area contributed by atoms with Crippen LogP contribution in [0.3, 0.4) is 0 Å². The van der Waals surface area contributed by atoms with E-state index < -0.39 is 0 Å². The number of hydrogen-bond donors (Lipinski definition) is 1. The number of para-hydroxylation sites is 1. The standard InChI is InChI=1S/C19H23FN2O/c1-3-13-22(14-16-9-11-17(20)12-10-16)15(2)19(23)21-18-7-5-4-6-8-18/h4-12,15H,3,13-14H2,1-2H3,(H,21,23). The first-order valence-corrected chi connectivity index (χ1v) is 7.94. The first-order chi connectivity index (χ1) is 11.1. The molecule has 0 aliphatic carbocycles. The number of amides is 1. The highest BCUT2D eigenvalue weighted by molar-refractivity contribution is 5.94. The molecule has 0 aliphatic rings. The van der Waals surface area contributed by atoms with Gasteiger partial charge in [-0.3, -0.25) is 9.69 Å². The molecule has 0 radical (unpaired) electrons. The zero-order chi connectivity index (χ0) is 16.7. The van der Waals surface area contributed by atoms with E-state index in [9.17, 15) is 9.18 Å². The highest BCUT2D eigenvalue weighted by Gasteiger charge is 2.21. The number of nitrogens with one attached hydrogen (secondary N) is 1. The van der Waals surface area contributed by atoms with Gasteiger partial charge in [0.1, 0.15) is 5.82 Å². The molecule has 0 saturated heterocycles. The van der Waals surface area contributed by atoms with Crippen LogP contribution >= 0.6 is 0 Å². The molecule has 0 fully saturated rings. The Morgan fingerprint density at radius 3 is 2.39 bits per heavy atom. The van der Waals surface area contributed by atoms with Crippen LogP contribution in [0.5, 0.6) is 0 Å². The van der Waals surface area contributed by atoms with Gasteiger partial charge in [0, 0.05) is 12.2 Å². The molecule has 1 unspecified atom stereocenters. The Balaban J connectivity index is 2.03. The lowest BCUT2D eigenvalue weighted by atomic mass is 10.1. The molecule has 122 valence electrons. The van der Waals surface area contributed by atoms with E-state index >= 15 is 0 Å². The lowest BCUT2D eigenvalue weighted by Gasteiger charge is -2.28. The maximum Gasteiger partial charge on any atom is 0.241 e. The summed E-state index contributed by atoms with van der Waals surface area (Å²) in [5.41, 5.74) is 1.79. The van der Waals surface area contributed by atoms with Gasteiger partial charge in [-0.05, 0) is 49.7 Å². The second-order valence-electron chi connectivity index (χ2n) is 5.63. The molecule has 0 aromatic heterocycles. The molecule has 0 heterocycles. The van der Waals surface area contributed by atoms with Gasteiger partial charge in [0.15, 0.2) is 0 Å². The van der Waals surface area contributed by atoms with Crippen LogP contribution in [0.1, 0.15) is 25.8 Å². The van der Waals surface area contributed by atoms with Gasteiger partial charge in [-0.25, -0.2) is 4.39 Å². The van der Waals surface area contributed by atoms with Crippen molar-refractivity contribution in [1.29, 1.82) is 0 Å². The highest BCUT2D eigenvalue weighted by Crippen LogP contribution is 2.13. The Morgan fingerprint density at radius 1 is 1.13 bits per heavy atom. The molecule has 0 aliphatic heterocycles. The lowest BCUT2D eigenvalue weighted by molar-refractivity contribution is -0.121. The summed E-state index contributed by atoms with van der Waals surface area (Å²) in [6.07, 6.45) is 0.949. The Bertz CT molecular complexity index is 613. The molecule has 2 rings (SSSR count). The number of carbonyl (C=O) groups is 1. The quantitative estimate of drug-likeness (QED) is 0.835. The minimum Gasteiger partial charge on any atom is -0.325 e. The van der Waals surface area contributed by atoms with Crippen molar-refractivity contribution >= 4 is 11.6 Å². The number of nitrogens with zero attached hydrogens (tertiary/aromatic N) is 1. The van der Waals surface area contributed by atoms with Gasteiger partial charge >= 0.3 is 0 Å². The SMILES string of the molecule is CCCN(Cc1ccc(F)cc1)C(C)C(=O)Nc1ccccc1. The first kappa shape index (κ1) is 17.2. The van der Waals surface area contributed by atoms with Crippen molar-refractivity contribution in [1.82, 2.24) is 4.90 Å². The zero-order valence-corrected chi connectivity index (χ0v) is 13.6. The van der Waals surface area contributed by atoms with Crippen molar-refractivity contribution in [3.8, 4) is 0 Å². The van der Waals surface area contributed by atoms with Crippen LogP contribution in [0, 0.1) is 5.82 Å². The lowest BCUT2D eigenvalue weighted by Crippen LogP contribution is -2.42. The molecular weight excluding hydrogens is 291 g/mol. The zero-order valence-electron chi connectivity index (χ0n) is 13.6. The van der Waals surface area contributed by atoms with Crippen molar-refractivity contribution in [2.75, 3.05) is 11.9 Å². The predicted molar refractivity (Wildman–Crippen MR) is 91.6 cm³/mol. The first-order valence-electron chi connectivity index (χ1n) is 7.94. The van der Waals surface area contributed by atoms with Gasteiger partial charge in [-0.15, -0.1) is 0 Å². The number of halogens is 1. The molecule has 4 heteroatoms. The van der Waals surface area contributed by atoms with Crippen molar-refractivity contribution < 1.29 is 9.18 Å². The third kappa shape index (κ3) is 5.18. The molecule has 0 saturated carbocycles. The summed E-state index contributed by atoms with van der Waals surface area (Å²) in [6.45, 7) is 5.41. The normalized spacial score (nSPS) is 12.2. The molecule has 0 bridgehead atoms. The number of carbonyl (C=O) groups excluding carboxylic acids is 1. The number of anilines is 1. The largest absolute Gasteiger partial charge is 0.325 e. The van der Waals surface area contributed by atoms with E-state index in [2.05, 4.69) is 17.1 Å². The van der Waals surface area contributed by atoms with Crippen LogP contribution in [0.4, 0.5) is 10.1 Å². The molecular formula is C19H23FN2O. The van der Waals surface area contributed by atoms with E-state index in [4.69, 9.17) is 0 Å². The average molecular weight is 314 g/mol. The molecule has 0 spiro atoms. The third-order valence-electron chi connectivity index (χ3n) is 3.78. The van der Waals surface area contributed by atoms with Gasteiger partial charge in [-0.1, -0.05) is 37.3 Å². The highest BCUT2D eigenvalue weighted by atomic mass is 19.1. The third-order valence-corrected chi connectivity index (χ3v) is 3.78. The maximum absolute atomic E-state index is 13.0. The fourth-order valence-corrected chi connectivity index (χ4v) is 2.46. The Morgan fingerprint density at radius 2 is 1.78 bits per heavy atom. The van der Waals surface area contributed by atoms with E-state index in [1.165, 1.54) is 12.1 Å². The average Bonchev–Trinajstić information content (AvgIpc) is 2.56. The van der Waals surface area contributed by atoms with Crippen LogP contribution in [0.25, 0.3) is 0 Å². The smallest absolute Gasteiger partial charge is 0.241 e. The van der Waals surface area contributed by atoms with E-state index in [-0.39, 0.29) is 17.8 Å². The van der Waals surface area contributed by atoms with Crippen LogP contribution in [0.15, 0.2) is 54.6 Å². The summed E-state index contributed by atoms with van der Waals surface area (Å²) in [5.74, 6) is -0.280. The summed E-state index contributed by atoms with van der Waals surface area (Å²) in [5, 5.41) is 2.93. The van der Waals surface area contributed by atoms with Crippen LogP contribution in [0.2, 0.25) is 0 Å². The van der Waals surface area contributed by atoms with Gasteiger partial charge in [0.05, 0.1) is 6.04 Å². The summed E-state index contributed by atoms with van der Waals surface area (Å²) in [7, 11) is 0. The predicted octanol–water partition coefficient (Wildman–Crippen LogP) is 4.06. The van der Waals surface area contributed by atoms with Crippen LogP contribution in [-0.2, 0) is 11.3 Å². The monoisotopic (exact) mass is 314 g/mol. The Hall–Kier alpha value is -2.20. The fraction of sp³-hybridized carbons (Fsp3) is 0.316. The van der Waals surface area contributed by atoms with E-state index in [0.717, 1.165) is 24.2 Å². The summed E-state index contributed by atoms with van der Waals surface area (Å²) in [6, 6.07) is 15.6. The topological polar surface area (TPSA) is 32.3 Å². The maximum atomic E-state index is 13.0. The van der Waals surface area contributed by atoms with Crippen molar-refractivity contribution in [2.24, 2.45) is 0 Å². The van der Waals surface area contributed by atoms with Gasteiger partial charge in [-0.2, -0.15) is 0 Å². The van der Waals surface area contributed by atoms with Crippen LogP contribution < -0.4 is 5.32 Å².